The summed E-state index contributed by atoms with van der Waals surface area (Å²) >= 11 is 0. The second kappa shape index (κ2) is 6.60. The molecule has 7 heteroatoms. The second-order valence-electron chi connectivity index (χ2n) is 7.50. The van der Waals surface area contributed by atoms with Crippen molar-refractivity contribution in [2.24, 2.45) is 7.05 Å². The molecule has 1 aliphatic heterocycles. The van der Waals surface area contributed by atoms with Crippen LogP contribution in [-0.4, -0.2) is 50.7 Å². The van der Waals surface area contributed by atoms with E-state index in [1.165, 1.54) is 5.39 Å². The van der Waals surface area contributed by atoms with Crippen LogP contribution in [0.2, 0.25) is 0 Å². The van der Waals surface area contributed by atoms with Crippen LogP contribution in [0.4, 0.5) is 5.82 Å². The van der Waals surface area contributed by atoms with Crippen molar-refractivity contribution in [3.05, 3.63) is 42.2 Å². The van der Waals surface area contributed by atoms with Gasteiger partial charge in [0, 0.05) is 44.3 Å². The average Bonchev–Trinajstić information content (AvgIpc) is 3.28. The lowest BCUT2D eigenvalue weighted by Gasteiger charge is -2.31. The van der Waals surface area contributed by atoms with Crippen molar-refractivity contribution in [3.8, 4) is 11.3 Å². The summed E-state index contributed by atoms with van der Waals surface area (Å²) in [5.41, 5.74) is 5.07. The summed E-state index contributed by atoms with van der Waals surface area (Å²) in [6.45, 7) is 3.67. The van der Waals surface area contributed by atoms with Crippen LogP contribution in [0.15, 0.2) is 36.5 Å². The molecule has 4 heterocycles. The number of hydrogen-bond donors (Lipinski definition) is 0. The summed E-state index contributed by atoms with van der Waals surface area (Å²) in [7, 11) is 4.10. The highest BCUT2D eigenvalue weighted by molar-refractivity contribution is 5.86. The lowest BCUT2D eigenvalue weighted by molar-refractivity contribution is 0.0853. The van der Waals surface area contributed by atoms with E-state index in [-0.39, 0.29) is 0 Å². The summed E-state index contributed by atoms with van der Waals surface area (Å²) in [5.74, 6) is 0.955. The van der Waals surface area contributed by atoms with Gasteiger partial charge in [-0.3, -0.25) is 4.68 Å². The topological polar surface area (TPSA) is 60.5 Å². The molecule has 1 aliphatic rings. The predicted octanol–water partition coefficient (Wildman–Crippen LogP) is 3.21. The van der Waals surface area contributed by atoms with E-state index in [1.807, 2.05) is 35.4 Å². The molecule has 0 atom stereocenters. The van der Waals surface area contributed by atoms with E-state index in [9.17, 15) is 0 Å². The Morgan fingerprint density at radius 3 is 2.75 bits per heavy atom. The van der Waals surface area contributed by atoms with Gasteiger partial charge in [0.25, 0.3) is 0 Å². The van der Waals surface area contributed by atoms with Gasteiger partial charge in [0.15, 0.2) is 5.65 Å². The van der Waals surface area contributed by atoms with Crippen molar-refractivity contribution >= 4 is 22.4 Å². The Kier molecular flexibility index (Phi) is 4.05. The molecule has 0 unspecified atom stereocenters. The Bertz CT molecular complexity index is 1150. The van der Waals surface area contributed by atoms with Crippen molar-refractivity contribution < 1.29 is 4.74 Å². The molecular formula is C21H24N6O. The molecule has 3 aromatic heterocycles. The van der Waals surface area contributed by atoms with E-state index in [0.717, 1.165) is 60.0 Å². The zero-order valence-corrected chi connectivity index (χ0v) is 16.5. The van der Waals surface area contributed by atoms with E-state index < -0.39 is 0 Å². The van der Waals surface area contributed by atoms with Crippen molar-refractivity contribution in [2.45, 2.75) is 25.8 Å². The van der Waals surface area contributed by atoms with Crippen LogP contribution in [0.3, 0.4) is 0 Å². The van der Waals surface area contributed by atoms with E-state index in [1.54, 1.807) is 0 Å². The summed E-state index contributed by atoms with van der Waals surface area (Å²) in [5, 5.41) is 10.6. The third-order valence-corrected chi connectivity index (χ3v) is 5.78. The maximum absolute atomic E-state index is 5.50. The number of benzene rings is 1. The van der Waals surface area contributed by atoms with E-state index in [0.29, 0.717) is 6.04 Å². The zero-order valence-electron chi connectivity index (χ0n) is 16.5. The third kappa shape index (κ3) is 2.74. The number of hydrogen-bond acceptors (Lipinski definition) is 5. The van der Waals surface area contributed by atoms with Crippen LogP contribution in [-0.2, 0) is 11.8 Å². The van der Waals surface area contributed by atoms with Gasteiger partial charge in [-0.05, 0) is 38.0 Å². The molecule has 5 rings (SSSR count). The third-order valence-electron chi connectivity index (χ3n) is 5.78. The molecule has 7 nitrogen and oxygen atoms in total. The first-order chi connectivity index (χ1) is 13.6. The molecule has 0 aliphatic carbocycles. The molecule has 1 fully saturated rings. The van der Waals surface area contributed by atoms with Crippen molar-refractivity contribution in [1.82, 2.24) is 24.4 Å². The predicted molar refractivity (Wildman–Crippen MR) is 110 cm³/mol. The van der Waals surface area contributed by atoms with Crippen LogP contribution in [0.1, 0.15) is 18.5 Å². The molecule has 144 valence electrons. The van der Waals surface area contributed by atoms with Gasteiger partial charge >= 0.3 is 0 Å². The smallest absolute Gasteiger partial charge is 0.154 e. The number of nitrogens with zero attached hydrogens (tertiary/aromatic N) is 6. The van der Waals surface area contributed by atoms with Gasteiger partial charge in [0.05, 0.1) is 23.1 Å². The fraction of sp³-hybridized carbons (Fsp3) is 0.381. The Labute approximate surface area is 163 Å². The van der Waals surface area contributed by atoms with Gasteiger partial charge in [0.1, 0.15) is 5.82 Å². The fourth-order valence-electron chi connectivity index (χ4n) is 4.11. The lowest BCUT2D eigenvalue weighted by atomic mass is 10.1. The Morgan fingerprint density at radius 2 is 1.93 bits per heavy atom. The minimum absolute atomic E-state index is 0.458. The monoisotopic (exact) mass is 376 g/mol. The minimum atomic E-state index is 0.458. The van der Waals surface area contributed by atoms with Crippen LogP contribution in [0, 0.1) is 6.92 Å². The highest BCUT2D eigenvalue weighted by Gasteiger charge is 2.20. The summed E-state index contributed by atoms with van der Waals surface area (Å²) in [4.78, 5) is 6.82. The molecule has 4 aromatic rings. The molecule has 0 radical (unpaired) electrons. The minimum Gasteiger partial charge on any atom is -0.381 e. The largest absolute Gasteiger partial charge is 0.381 e. The Balaban J connectivity index is 1.57. The molecule has 0 bridgehead atoms. The summed E-state index contributed by atoms with van der Waals surface area (Å²) in [6.07, 6.45) is 3.96. The quantitative estimate of drug-likeness (QED) is 0.549. The van der Waals surface area contributed by atoms with Crippen LogP contribution in [0.25, 0.3) is 27.8 Å². The molecule has 0 spiro atoms. The molecule has 0 saturated carbocycles. The molecule has 1 aromatic carbocycles. The highest BCUT2D eigenvalue weighted by Crippen LogP contribution is 2.27. The number of aryl methyl sites for hydroxylation is 2. The van der Waals surface area contributed by atoms with Gasteiger partial charge in [-0.15, -0.1) is 5.10 Å². The SMILES string of the molecule is Cc1nn(C)c2cc(-c3cnc4ccc(N(C)C5CCOCC5)nn34)ccc12. The Hall–Kier alpha value is -2.93. The zero-order chi connectivity index (χ0) is 19.3. The van der Waals surface area contributed by atoms with E-state index in [2.05, 4.69) is 46.3 Å². The first kappa shape index (κ1) is 17.2. The normalized spacial score (nSPS) is 15.5. The maximum Gasteiger partial charge on any atom is 0.154 e. The number of fused-ring (bicyclic) bond motifs is 2. The molecule has 0 N–H and O–H groups in total. The maximum atomic E-state index is 5.50. The fourth-order valence-corrected chi connectivity index (χ4v) is 4.11. The van der Waals surface area contributed by atoms with Crippen LogP contribution in [0.5, 0.6) is 0 Å². The standard InChI is InChI=1S/C21H24N6O/c1-14-17-5-4-15(12-18(17)26(3)23-14)19-13-22-20-6-7-21(24-27(19)20)25(2)16-8-10-28-11-9-16/h4-7,12-13,16H,8-11H2,1-3H3. The van der Waals surface area contributed by atoms with Gasteiger partial charge in [-0.1, -0.05) is 12.1 Å². The number of rotatable bonds is 3. The van der Waals surface area contributed by atoms with Crippen LogP contribution >= 0.6 is 0 Å². The van der Waals surface area contributed by atoms with Gasteiger partial charge < -0.3 is 9.64 Å². The van der Waals surface area contributed by atoms with Crippen molar-refractivity contribution in [2.75, 3.05) is 25.2 Å². The highest BCUT2D eigenvalue weighted by atomic mass is 16.5. The lowest BCUT2D eigenvalue weighted by Crippen LogP contribution is -2.37. The summed E-state index contributed by atoms with van der Waals surface area (Å²) < 4.78 is 9.36. The average molecular weight is 376 g/mol. The molecule has 28 heavy (non-hydrogen) atoms. The van der Waals surface area contributed by atoms with E-state index in [4.69, 9.17) is 9.84 Å². The van der Waals surface area contributed by atoms with Crippen molar-refractivity contribution in [3.63, 3.8) is 0 Å². The molecular weight excluding hydrogens is 352 g/mol. The molecule has 0 amide bonds. The second-order valence-corrected chi connectivity index (χ2v) is 7.50. The number of aromatic nitrogens is 5. The number of anilines is 1. The Morgan fingerprint density at radius 1 is 1.11 bits per heavy atom. The van der Waals surface area contributed by atoms with E-state index >= 15 is 0 Å². The summed E-state index contributed by atoms with van der Waals surface area (Å²) in [6, 6.07) is 11.0. The number of imidazole rings is 1. The van der Waals surface area contributed by atoms with Gasteiger partial charge in [-0.25, -0.2) is 9.50 Å². The molecule has 1 saturated heterocycles. The van der Waals surface area contributed by atoms with Gasteiger partial charge in [-0.2, -0.15) is 5.10 Å². The van der Waals surface area contributed by atoms with Crippen LogP contribution < -0.4 is 4.90 Å². The first-order valence-electron chi connectivity index (χ1n) is 9.71. The number of ether oxygens (including phenoxy) is 1. The first-order valence-corrected chi connectivity index (χ1v) is 9.71. The van der Waals surface area contributed by atoms with Crippen molar-refractivity contribution in [1.29, 1.82) is 0 Å². The van der Waals surface area contributed by atoms with Gasteiger partial charge in [0.2, 0.25) is 0 Å².